The van der Waals surface area contributed by atoms with Gasteiger partial charge in [0.2, 0.25) is 0 Å². The minimum absolute atomic E-state index is 0. The lowest BCUT2D eigenvalue weighted by molar-refractivity contribution is -0.0351. The minimum atomic E-state index is 0. The Morgan fingerprint density at radius 2 is 2.10 bits per heavy atom. The molecule has 1 aliphatic heterocycles. The fourth-order valence-electron chi connectivity index (χ4n) is 0.427. The monoisotopic (exact) mass is 150 g/mol. The van der Waals surface area contributed by atoms with Gasteiger partial charge in [0.15, 0.2) is 0 Å². The Hall–Kier alpha value is -0.120. The van der Waals surface area contributed by atoms with Crippen LogP contribution in [-0.4, -0.2) is 33.2 Å². The van der Waals surface area contributed by atoms with Gasteiger partial charge in [0.05, 0.1) is 13.2 Å². The van der Waals surface area contributed by atoms with Crippen molar-refractivity contribution >= 4 is 0 Å². The molecule has 0 saturated carbocycles. The number of hydrogen-bond donors (Lipinski definition) is 0. The highest BCUT2D eigenvalue weighted by Gasteiger charge is 2.21. The van der Waals surface area contributed by atoms with Gasteiger partial charge in [-0.1, -0.05) is 14.9 Å². The molecule has 1 rings (SSSR count). The molecule has 1 unspecified atom stereocenters. The second-order valence-corrected chi connectivity index (χ2v) is 1.73. The Kier molecular flexibility index (Phi) is 8.77. The zero-order chi connectivity index (χ0) is 5.82. The molecule has 0 N–H and O–H groups in total. The third-order valence-corrected chi connectivity index (χ3v) is 0.907. The van der Waals surface area contributed by atoms with E-state index in [1.54, 1.807) is 7.11 Å². The number of methoxy groups -OCH3 is 1. The fourth-order valence-corrected chi connectivity index (χ4v) is 0.427. The molecule has 3 nitrogen and oxygen atoms in total. The number of rotatable bonds is 4. The number of ether oxygens (including phenoxy) is 3. The van der Waals surface area contributed by atoms with Crippen molar-refractivity contribution < 1.29 is 14.2 Å². The Labute approximate surface area is 63.3 Å². The molecule has 1 heterocycles. The molecule has 3 heteroatoms. The summed E-state index contributed by atoms with van der Waals surface area (Å²) in [6.07, 6.45) is 0.352. The van der Waals surface area contributed by atoms with E-state index in [1.165, 1.54) is 0 Å². The van der Waals surface area contributed by atoms with Gasteiger partial charge in [0, 0.05) is 7.11 Å². The molecule has 0 aromatic carbocycles. The first-order valence-corrected chi connectivity index (χ1v) is 2.62. The maximum Gasteiger partial charge on any atom is 0.146 e. The lowest BCUT2D eigenvalue weighted by atomic mass is 10.5. The molecule has 0 aromatic rings. The van der Waals surface area contributed by atoms with Crippen molar-refractivity contribution in [1.82, 2.24) is 0 Å². The van der Waals surface area contributed by atoms with E-state index in [0.29, 0.717) is 19.5 Å². The molecular weight excluding hydrogens is 132 g/mol. The first-order valence-electron chi connectivity index (χ1n) is 2.62. The van der Waals surface area contributed by atoms with Crippen LogP contribution in [0.25, 0.3) is 0 Å². The van der Waals surface area contributed by atoms with Gasteiger partial charge in [-0.3, -0.25) is 0 Å². The van der Waals surface area contributed by atoms with Crippen LogP contribution in [0.5, 0.6) is 0 Å². The van der Waals surface area contributed by atoms with Gasteiger partial charge in [-0.25, -0.2) is 0 Å². The quantitative estimate of drug-likeness (QED) is 0.343. The van der Waals surface area contributed by atoms with E-state index in [-0.39, 0.29) is 14.9 Å². The predicted molar refractivity (Wildman–Crippen MR) is 41.0 cm³/mol. The zero-order valence-electron chi connectivity index (χ0n) is 4.92. The molecule has 0 aromatic heterocycles. The second-order valence-electron chi connectivity index (χ2n) is 1.73. The lowest BCUT2D eigenvalue weighted by Gasteiger charge is -1.96. The van der Waals surface area contributed by atoms with Crippen LogP contribution in [0.2, 0.25) is 0 Å². The summed E-state index contributed by atoms with van der Waals surface area (Å²) in [5, 5.41) is 0. The van der Waals surface area contributed by atoms with Gasteiger partial charge >= 0.3 is 0 Å². The van der Waals surface area contributed by atoms with Gasteiger partial charge in [-0.15, -0.1) is 0 Å². The van der Waals surface area contributed by atoms with Crippen molar-refractivity contribution in [1.29, 1.82) is 0 Å². The van der Waals surface area contributed by atoms with Crippen molar-refractivity contribution in [3.63, 3.8) is 0 Å². The van der Waals surface area contributed by atoms with Crippen LogP contribution in [0.4, 0.5) is 0 Å². The number of hydrogen-bond acceptors (Lipinski definition) is 3. The van der Waals surface area contributed by atoms with E-state index in [0.717, 1.165) is 6.61 Å². The average Bonchev–Trinajstić information content (AvgIpc) is 2.51. The minimum Gasteiger partial charge on any atom is -0.371 e. The van der Waals surface area contributed by atoms with Crippen LogP contribution in [0.3, 0.4) is 0 Å². The van der Waals surface area contributed by atoms with Crippen LogP contribution < -0.4 is 0 Å². The van der Waals surface area contributed by atoms with Crippen molar-refractivity contribution in [3.8, 4) is 0 Å². The molecule has 0 aliphatic carbocycles. The molecule has 1 aliphatic rings. The molecule has 0 spiro atoms. The molecule has 1 saturated heterocycles. The molecule has 0 radical (unpaired) electrons. The Balaban J connectivity index is 0. The van der Waals surface area contributed by atoms with E-state index < -0.39 is 0 Å². The van der Waals surface area contributed by atoms with Crippen LogP contribution in [0.15, 0.2) is 0 Å². The summed E-state index contributed by atoms with van der Waals surface area (Å²) < 4.78 is 14.5. The second kappa shape index (κ2) is 6.99. The molecule has 64 valence electrons. The van der Waals surface area contributed by atoms with Crippen LogP contribution in [0, 0.1) is 0 Å². The highest BCUT2D eigenvalue weighted by molar-refractivity contribution is 4.66. The summed E-state index contributed by atoms with van der Waals surface area (Å²) in [7, 11) is 1.60. The fraction of sp³-hybridized carbons (Fsp3) is 1.00. The molecule has 0 amide bonds. The van der Waals surface area contributed by atoms with Crippen LogP contribution in [-0.2, 0) is 14.2 Å². The first kappa shape index (κ1) is 12.5. The van der Waals surface area contributed by atoms with Crippen LogP contribution >= 0.6 is 0 Å². The number of epoxide rings is 1. The molecular formula is C7H18O3. The summed E-state index contributed by atoms with van der Waals surface area (Å²) in [6.45, 7) is 1.90. The van der Waals surface area contributed by atoms with Crippen LogP contribution in [0.1, 0.15) is 14.9 Å². The Morgan fingerprint density at radius 3 is 2.50 bits per heavy atom. The standard InChI is InChI=1S/C5H10O3.2CH4/c1-6-4-7-2-5-3-8-5;;/h5H,2-4H2,1H3;2*1H4. The van der Waals surface area contributed by atoms with Crippen molar-refractivity contribution in [2.75, 3.05) is 27.1 Å². The molecule has 1 fully saturated rings. The Morgan fingerprint density at radius 1 is 1.50 bits per heavy atom. The van der Waals surface area contributed by atoms with Gasteiger partial charge in [0.25, 0.3) is 0 Å². The maximum atomic E-state index is 4.96. The summed E-state index contributed by atoms with van der Waals surface area (Å²) in [5.41, 5.74) is 0. The largest absolute Gasteiger partial charge is 0.371 e. The normalized spacial score (nSPS) is 20.7. The molecule has 1 atom stereocenters. The third-order valence-electron chi connectivity index (χ3n) is 0.907. The van der Waals surface area contributed by atoms with Gasteiger partial charge in [-0.05, 0) is 0 Å². The highest BCUT2D eigenvalue weighted by atomic mass is 16.7. The van der Waals surface area contributed by atoms with E-state index >= 15 is 0 Å². The average molecular weight is 150 g/mol. The lowest BCUT2D eigenvalue weighted by Crippen LogP contribution is -2.03. The summed E-state index contributed by atoms with van der Waals surface area (Å²) in [5.74, 6) is 0. The third kappa shape index (κ3) is 6.01. The SMILES string of the molecule is C.C.COCOCC1CO1. The van der Waals surface area contributed by atoms with Crippen molar-refractivity contribution in [3.05, 3.63) is 0 Å². The summed E-state index contributed by atoms with van der Waals surface area (Å²) >= 11 is 0. The van der Waals surface area contributed by atoms with E-state index in [2.05, 4.69) is 4.74 Å². The topological polar surface area (TPSA) is 31.0 Å². The molecule has 10 heavy (non-hydrogen) atoms. The van der Waals surface area contributed by atoms with E-state index in [4.69, 9.17) is 9.47 Å². The summed E-state index contributed by atoms with van der Waals surface area (Å²) in [6, 6.07) is 0. The van der Waals surface area contributed by atoms with Gasteiger partial charge in [0.1, 0.15) is 12.9 Å². The van der Waals surface area contributed by atoms with Crippen molar-refractivity contribution in [2.24, 2.45) is 0 Å². The van der Waals surface area contributed by atoms with Gasteiger partial charge in [-0.2, -0.15) is 0 Å². The smallest absolute Gasteiger partial charge is 0.146 e. The Bertz CT molecular complexity index is 61.9. The maximum absolute atomic E-state index is 4.96. The van der Waals surface area contributed by atoms with E-state index in [1.807, 2.05) is 0 Å². The zero-order valence-corrected chi connectivity index (χ0v) is 4.92. The van der Waals surface area contributed by atoms with E-state index in [9.17, 15) is 0 Å². The molecule has 0 bridgehead atoms. The first-order chi connectivity index (χ1) is 3.93. The predicted octanol–water partition coefficient (Wildman–Crippen LogP) is 1.28. The highest BCUT2D eigenvalue weighted by Crippen LogP contribution is 2.07. The van der Waals surface area contributed by atoms with Gasteiger partial charge < -0.3 is 14.2 Å². The summed E-state index contributed by atoms with van der Waals surface area (Å²) in [4.78, 5) is 0. The van der Waals surface area contributed by atoms with Crippen molar-refractivity contribution in [2.45, 2.75) is 21.0 Å².